The van der Waals surface area contributed by atoms with Crippen molar-refractivity contribution in [1.82, 2.24) is 4.90 Å². The van der Waals surface area contributed by atoms with E-state index < -0.39 is 12.0 Å². The number of ether oxygens (including phenoxy) is 1. The number of halogens is 2. The molecule has 0 bridgehead atoms. The highest BCUT2D eigenvalue weighted by molar-refractivity contribution is 9.10. The molecule has 3 rings (SSSR count). The number of benzene rings is 2. The molecular formula is C21H23Br2NO3. The molecule has 2 atom stereocenters. The molecule has 1 aliphatic heterocycles. The van der Waals surface area contributed by atoms with Crippen molar-refractivity contribution in [2.24, 2.45) is 0 Å². The van der Waals surface area contributed by atoms with Crippen molar-refractivity contribution in [3.05, 3.63) is 62.5 Å². The van der Waals surface area contributed by atoms with Crippen LogP contribution in [0.3, 0.4) is 0 Å². The number of nitrogens with zero attached hydrogens (tertiary/aromatic N) is 1. The van der Waals surface area contributed by atoms with Gasteiger partial charge >= 0.3 is 5.97 Å². The first kappa shape index (κ1) is 20.4. The summed E-state index contributed by atoms with van der Waals surface area (Å²) in [7, 11) is 0. The number of carboxylic acid groups (broad SMARTS) is 1. The summed E-state index contributed by atoms with van der Waals surface area (Å²) in [6.45, 7) is 3.25. The Hall–Kier alpha value is -1.37. The molecule has 0 aliphatic carbocycles. The van der Waals surface area contributed by atoms with E-state index in [-0.39, 0.29) is 6.04 Å². The number of carbonyl (C=O) groups is 1. The highest BCUT2D eigenvalue weighted by Crippen LogP contribution is 2.41. The molecule has 2 aromatic carbocycles. The van der Waals surface area contributed by atoms with Crippen LogP contribution in [0.4, 0.5) is 0 Å². The lowest BCUT2D eigenvalue weighted by Gasteiger charge is -2.40. The minimum atomic E-state index is -0.764. The highest BCUT2D eigenvalue weighted by Gasteiger charge is 2.37. The van der Waals surface area contributed by atoms with Crippen LogP contribution in [0.15, 0.2) is 51.4 Å². The van der Waals surface area contributed by atoms with Gasteiger partial charge < -0.3 is 9.84 Å². The zero-order chi connectivity index (χ0) is 19.4. The molecule has 0 radical (unpaired) electrons. The normalized spacial score (nSPS) is 18.9. The zero-order valence-corrected chi connectivity index (χ0v) is 18.4. The van der Waals surface area contributed by atoms with E-state index in [1.807, 2.05) is 43.3 Å². The predicted octanol–water partition coefficient (Wildman–Crippen LogP) is 5.64. The maximum absolute atomic E-state index is 12.0. The van der Waals surface area contributed by atoms with Crippen molar-refractivity contribution in [3.8, 4) is 5.75 Å². The van der Waals surface area contributed by atoms with Crippen LogP contribution in [0.1, 0.15) is 43.4 Å². The third-order valence-electron chi connectivity index (χ3n) is 4.93. The summed E-state index contributed by atoms with van der Waals surface area (Å²) in [5, 5.41) is 9.85. The first-order chi connectivity index (χ1) is 13.0. The molecule has 0 amide bonds. The fraction of sp³-hybridized carbons (Fsp3) is 0.381. The monoisotopic (exact) mass is 495 g/mol. The van der Waals surface area contributed by atoms with E-state index in [2.05, 4.69) is 42.8 Å². The topological polar surface area (TPSA) is 49.8 Å². The van der Waals surface area contributed by atoms with Crippen LogP contribution in [-0.4, -0.2) is 35.2 Å². The Bertz CT molecular complexity index is 812. The van der Waals surface area contributed by atoms with Crippen molar-refractivity contribution in [2.75, 3.05) is 13.2 Å². The zero-order valence-electron chi connectivity index (χ0n) is 15.2. The van der Waals surface area contributed by atoms with Gasteiger partial charge in [-0.25, -0.2) is 0 Å². The predicted molar refractivity (Wildman–Crippen MR) is 113 cm³/mol. The number of piperidine rings is 1. The van der Waals surface area contributed by atoms with Gasteiger partial charge in [0.25, 0.3) is 0 Å². The molecule has 1 saturated heterocycles. The van der Waals surface area contributed by atoms with Crippen LogP contribution < -0.4 is 4.74 Å². The van der Waals surface area contributed by atoms with Crippen molar-refractivity contribution >= 4 is 37.8 Å². The number of hydrogen-bond acceptors (Lipinski definition) is 3. The second kappa shape index (κ2) is 9.22. The van der Waals surface area contributed by atoms with Gasteiger partial charge in [0, 0.05) is 14.5 Å². The van der Waals surface area contributed by atoms with E-state index in [0.29, 0.717) is 13.0 Å². The van der Waals surface area contributed by atoms with Crippen molar-refractivity contribution in [2.45, 2.75) is 38.3 Å². The molecular weight excluding hydrogens is 474 g/mol. The minimum absolute atomic E-state index is 0.207. The Morgan fingerprint density at radius 2 is 2.00 bits per heavy atom. The van der Waals surface area contributed by atoms with Crippen LogP contribution in [-0.2, 0) is 4.79 Å². The Morgan fingerprint density at radius 1 is 1.22 bits per heavy atom. The molecule has 6 heteroatoms. The molecule has 2 unspecified atom stereocenters. The summed E-state index contributed by atoms with van der Waals surface area (Å²) in [6, 6.07) is 13.3. The average Bonchev–Trinajstić information content (AvgIpc) is 2.66. The summed E-state index contributed by atoms with van der Waals surface area (Å²) in [4.78, 5) is 14.1. The summed E-state index contributed by atoms with van der Waals surface area (Å²) in [5.74, 6) is 0.0240. The first-order valence-corrected chi connectivity index (χ1v) is 10.8. The molecule has 27 heavy (non-hydrogen) atoms. The van der Waals surface area contributed by atoms with Crippen LogP contribution in [0.2, 0.25) is 0 Å². The first-order valence-electron chi connectivity index (χ1n) is 9.18. The van der Waals surface area contributed by atoms with Gasteiger partial charge in [-0.1, -0.05) is 56.5 Å². The SMILES string of the molecule is CCOc1ccc(Br)cc1C(c1ccccc1Br)N1CCCCC1C(=O)O. The van der Waals surface area contributed by atoms with E-state index >= 15 is 0 Å². The fourth-order valence-electron chi connectivity index (χ4n) is 3.77. The second-order valence-corrected chi connectivity index (χ2v) is 8.40. The lowest BCUT2D eigenvalue weighted by molar-refractivity contribution is -0.145. The number of likely N-dealkylation sites (tertiary alicyclic amines) is 1. The van der Waals surface area contributed by atoms with Crippen molar-refractivity contribution in [1.29, 1.82) is 0 Å². The van der Waals surface area contributed by atoms with Gasteiger partial charge in [0.2, 0.25) is 0 Å². The van der Waals surface area contributed by atoms with Gasteiger partial charge in [0.15, 0.2) is 0 Å². The van der Waals surface area contributed by atoms with Gasteiger partial charge in [-0.2, -0.15) is 0 Å². The van der Waals surface area contributed by atoms with Gasteiger partial charge in [0.05, 0.1) is 12.6 Å². The van der Waals surface area contributed by atoms with Gasteiger partial charge in [-0.3, -0.25) is 9.69 Å². The average molecular weight is 497 g/mol. The lowest BCUT2D eigenvalue weighted by Crippen LogP contribution is -2.47. The third-order valence-corrected chi connectivity index (χ3v) is 6.14. The van der Waals surface area contributed by atoms with Crippen LogP contribution in [0.25, 0.3) is 0 Å². The van der Waals surface area contributed by atoms with Crippen LogP contribution in [0, 0.1) is 0 Å². The van der Waals surface area contributed by atoms with Crippen LogP contribution in [0.5, 0.6) is 5.75 Å². The van der Waals surface area contributed by atoms with Crippen molar-refractivity contribution < 1.29 is 14.6 Å². The Kier molecular flexibility index (Phi) is 6.95. The summed E-state index contributed by atoms with van der Waals surface area (Å²) < 4.78 is 7.82. The molecule has 0 spiro atoms. The molecule has 4 nitrogen and oxygen atoms in total. The molecule has 1 aliphatic rings. The molecule has 1 N–H and O–H groups in total. The molecule has 144 valence electrons. The van der Waals surface area contributed by atoms with E-state index in [1.54, 1.807) is 0 Å². The highest BCUT2D eigenvalue weighted by atomic mass is 79.9. The summed E-state index contributed by atoms with van der Waals surface area (Å²) in [5.41, 5.74) is 2.02. The number of rotatable bonds is 6. The van der Waals surface area contributed by atoms with Crippen LogP contribution >= 0.6 is 31.9 Å². The van der Waals surface area contributed by atoms with E-state index in [9.17, 15) is 9.90 Å². The quantitative estimate of drug-likeness (QED) is 0.562. The summed E-state index contributed by atoms with van der Waals surface area (Å²) in [6.07, 6.45) is 2.59. The standard InChI is InChI=1S/C21H23Br2NO3/c1-2-27-19-11-10-14(22)13-16(19)20(15-7-3-4-8-17(15)23)24-12-6-5-9-18(24)21(25)26/h3-4,7-8,10-11,13,18,20H,2,5-6,9,12H2,1H3,(H,25,26). The maximum atomic E-state index is 12.0. The molecule has 1 fully saturated rings. The van der Waals surface area contributed by atoms with Gasteiger partial charge in [0.1, 0.15) is 11.8 Å². The number of carboxylic acids is 1. The third kappa shape index (κ3) is 4.55. The molecule has 0 saturated carbocycles. The maximum Gasteiger partial charge on any atom is 0.320 e. The Labute approximate surface area is 176 Å². The Morgan fingerprint density at radius 3 is 2.70 bits per heavy atom. The smallest absolute Gasteiger partial charge is 0.320 e. The fourth-order valence-corrected chi connectivity index (χ4v) is 4.65. The molecule has 2 aromatic rings. The number of hydrogen-bond donors (Lipinski definition) is 1. The molecule has 0 aromatic heterocycles. The van der Waals surface area contributed by atoms with E-state index in [0.717, 1.165) is 45.2 Å². The Balaban J connectivity index is 2.18. The van der Waals surface area contributed by atoms with Gasteiger partial charge in [-0.05, 0) is 56.1 Å². The van der Waals surface area contributed by atoms with E-state index in [4.69, 9.17) is 4.74 Å². The van der Waals surface area contributed by atoms with Crippen molar-refractivity contribution in [3.63, 3.8) is 0 Å². The summed E-state index contributed by atoms with van der Waals surface area (Å²) >= 11 is 7.25. The second-order valence-electron chi connectivity index (χ2n) is 6.63. The number of aliphatic carboxylic acids is 1. The molecule has 1 heterocycles. The van der Waals surface area contributed by atoms with Gasteiger partial charge in [-0.15, -0.1) is 0 Å². The largest absolute Gasteiger partial charge is 0.494 e. The lowest BCUT2D eigenvalue weighted by atomic mass is 9.91. The van der Waals surface area contributed by atoms with E-state index in [1.165, 1.54) is 0 Å². The minimum Gasteiger partial charge on any atom is -0.494 e.